The molecule has 0 bridgehead atoms. The predicted molar refractivity (Wildman–Crippen MR) is 99.2 cm³/mol. The van der Waals surface area contributed by atoms with Gasteiger partial charge in [0.15, 0.2) is 5.82 Å². The molecular formula is C17H17ClN6O2. The summed E-state index contributed by atoms with van der Waals surface area (Å²) in [7, 11) is 1.65. The molecule has 0 atom stereocenters. The van der Waals surface area contributed by atoms with Crippen LogP contribution in [-0.2, 0) is 13.6 Å². The summed E-state index contributed by atoms with van der Waals surface area (Å²) in [5.41, 5.74) is 1.11. The molecule has 2 amide bonds. The molecule has 0 aliphatic heterocycles. The van der Waals surface area contributed by atoms with E-state index in [9.17, 15) is 9.59 Å². The van der Waals surface area contributed by atoms with Crippen LogP contribution in [0, 0.1) is 0 Å². The first-order valence-electron chi connectivity index (χ1n) is 7.89. The van der Waals surface area contributed by atoms with E-state index in [1.54, 1.807) is 49.8 Å². The third-order valence-corrected chi connectivity index (χ3v) is 3.92. The number of rotatable bonds is 5. The van der Waals surface area contributed by atoms with E-state index in [4.69, 9.17) is 11.6 Å². The van der Waals surface area contributed by atoms with Crippen molar-refractivity contribution in [3.8, 4) is 11.4 Å². The molecule has 9 heteroatoms. The van der Waals surface area contributed by atoms with E-state index < -0.39 is 0 Å². The van der Waals surface area contributed by atoms with Crippen LogP contribution in [0.1, 0.15) is 0 Å². The molecule has 0 spiro atoms. The minimum atomic E-state index is -0.371. The van der Waals surface area contributed by atoms with Crippen molar-refractivity contribution >= 4 is 23.3 Å². The Kier molecular flexibility index (Phi) is 5.33. The number of hydrogen-bond donors (Lipinski definition) is 2. The Labute approximate surface area is 154 Å². The smallest absolute Gasteiger partial charge is 0.336 e. The predicted octanol–water partition coefficient (Wildman–Crippen LogP) is 2.12. The molecule has 0 aliphatic rings. The van der Waals surface area contributed by atoms with Gasteiger partial charge in [0.1, 0.15) is 0 Å². The zero-order valence-electron chi connectivity index (χ0n) is 14.0. The minimum absolute atomic E-state index is 0.251. The molecule has 2 heterocycles. The largest absolute Gasteiger partial charge is 0.345 e. The standard InChI is InChI=1S/C17H17ClN6O2/c1-23-15(12-3-2-8-19-11-12)22-24(17(23)26)10-9-20-16(25)21-14-6-4-13(18)5-7-14/h2-8,11H,9-10H2,1H3,(H2,20,21,25). The highest BCUT2D eigenvalue weighted by atomic mass is 35.5. The Balaban J connectivity index is 1.59. The highest BCUT2D eigenvalue weighted by molar-refractivity contribution is 6.30. The molecule has 0 radical (unpaired) electrons. The van der Waals surface area contributed by atoms with Gasteiger partial charge in [0.25, 0.3) is 0 Å². The average molecular weight is 373 g/mol. The summed E-state index contributed by atoms with van der Waals surface area (Å²) in [6.45, 7) is 0.504. The quantitative estimate of drug-likeness (QED) is 0.717. The molecule has 0 saturated heterocycles. The molecule has 0 saturated carbocycles. The van der Waals surface area contributed by atoms with Crippen LogP contribution in [-0.4, -0.2) is 31.9 Å². The van der Waals surface area contributed by atoms with Crippen molar-refractivity contribution in [2.24, 2.45) is 7.05 Å². The van der Waals surface area contributed by atoms with E-state index in [0.29, 0.717) is 16.5 Å². The third kappa shape index (κ3) is 4.09. The van der Waals surface area contributed by atoms with Gasteiger partial charge in [0, 0.05) is 42.3 Å². The number of carbonyl (C=O) groups is 1. The first-order chi connectivity index (χ1) is 12.5. The second-order valence-corrected chi connectivity index (χ2v) is 5.95. The van der Waals surface area contributed by atoms with Gasteiger partial charge >= 0.3 is 11.7 Å². The number of pyridine rings is 1. The number of hydrogen-bond acceptors (Lipinski definition) is 4. The van der Waals surface area contributed by atoms with Crippen molar-refractivity contribution in [3.63, 3.8) is 0 Å². The lowest BCUT2D eigenvalue weighted by atomic mass is 10.3. The maximum atomic E-state index is 12.3. The summed E-state index contributed by atoms with van der Waals surface area (Å²) >= 11 is 5.80. The normalized spacial score (nSPS) is 10.5. The van der Waals surface area contributed by atoms with E-state index in [-0.39, 0.29) is 24.8 Å². The number of urea groups is 1. The number of anilines is 1. The lowest BCUT2D eigenvalue weighted by Crippen LogP contribution is -2.34. The Morgan fingerprint density at radius 1 is 1.23 bits per heavy atom. The zero-order valence-corrected chi connectivity index (χ0v) is 14.8. The number of aromatic nitrogens is 4. The SMILES string of the molecule is Cn1c(-c2cccnc2)nn(CCNC(=O)Nc2ccc(Cl)cc2)c1=O. The lowest BCUT2D eigenvalue weighted by molar-refractivity contribution is 0.251. The van der Waals surface area contributed by atoms with Crippen molar-refractivity contribution in [2.45, 2.75) is 6.54 Å². The van der Waals surface area contributed by atoms with Crippen LogP contribution in [0.15, 0.2) is 53.6 Å². The van der Waals surface area contributed by atoms with Crippen LogP contribution in [0.5, 0.6) is 0 Å². The summed E-state index contributed by atoms with van der Waals surface area (Å²) < 4.78 is 2.76. The van der Waals surface area contributed by atoms with Crippen LogP contribution in [0.3, 0.4) is 0 Å². The van der Waals surface area contributed by atoms with E-state index in [0.717, 1.165) is 5.56 Å². The number of carbonyl (C=O) groups excluding carboxylic acids is 1. The summed E-state index contributed by atoms with van der Waals surface area (Å²) in [4.78, 5) is 28.2. The minimum Gasteiger partial charge on any atom is -0.336 e. The highest BCUT2D eigenvalue weighted by Crippen LogP contribution is 2.13. The van der Waals surface area contributed by atoms with Crippen molar-refractivity contribution in [1.82, 2.24) is 24.6 Å². The summed E-state index contributed by atoms with van der Waals surface area (Å²) in [5.74, 6) is 0.522. The molecule has 2 N–H and O–H groups in total. The van der Waals surface area contributed by atoms with Crippen molar-refractivity contribution < 1.29 is 4.79 Å². The molecule has 26 heavy (non-hydrogen) atoms. The first kappa shape index (κ1) is 17.7. The van der Waals surface area contributed by atoms with E-state index in [2.05, 4.69) is 20.7 Å². The molecule has 1 aromatic carbocycles. The fraction of sp³-hybridized carbons (Fsp3) is 0.176. The second-order valence-electron chi connectivity index (χ2n) is 5.52. The monoisotopic (exact) mass is 372 g/mol. The molecule has 0 aliphatic carbocycles. The molecule has 8 nitrogen and oxygen atoms in total. The Bertz CT molecular complexity index is 950. The second kappa shape index (κ2) is 7.83. The zero-order chi connectivity index (χ0) is 18.5. The average Bonchev–Trinajstić information content (AvgIpc) is 2.93. The maximum Gasteiger partial charge on any atom is 0.345 e. The van der Waals surface area contributed by atoms with Crippen LogP contribution in [0.25, 0.3) is 11.4 Å². The van der Waals surface area contributed by atoms with Gasteiger partial charge < -0.3 is 10.6 Å². The lowest BCUT2D eigenvalue weighted by Gasteiger charge is -2.07. The highest BCUT2D eigenvalue weighted by Gasteiger charge is 2.12. The van der Waals surface area contributed by atoms with Crippen LogP contribution < -0.4 is 16.3 Å². The third-order valence-electron chi connectivity index (χ3n) is 3.67. The van der Waals surface area contributed by atoms with Crippen LogP contribution in [0.2, 0.25) is 5.02 Å². The van der Waals surface area contributed by atoms with Gasteiger partial charge in [-0.1, -0.05) is 11.6 Å². The molecular weight excluding hydrogens is 356 g/mol. The van der Waals surface area contributed by atoms with Crippen LogP contribution in [0.4, 0.5) is 10.5 Å². The van der Waals surface area contributed by atoms with Crippen LogP contribution >= 0.6 is 11.6 Å². The van der Waals surface area contributed by atoms with Crippen molar-refractivity contribution in [2.75, 3.05) is 11.9 Å². The van der Waals surface area contributed by atoms with Gasteiger partial charge in [-0.3, -0.25) is 9.55 Å². The molecule has 0 unspecified atom stereocenters. The fourth-order valence-corrected chi connectivity index (χ4v) is 2.49. The van der Waals surface area contributed by atoms with Gasteiger partial charge in [0.05, 0.1) is 6.54 Å². The van der Waals surface area contributed by atoms with E-state index in [1.165, 1.54) is 9.25 Å². The summed E-state index contributed by atoms with van der Waals surface area (Å²) in [6, 6.07) is 10.0. The van der Waals surface area contributed by atoms with E-state index in [1.807, 2.05) is 6.07 Å². The molecule has 3 aromatic rings. The number of nitrogens with one attached hydrogen (secondary N) is 2. The number of amides is 2. The first-order valence-corrected chi connectivity index (χ1v) is 8.27. The molecule has 134 valence electrons. The Morgan fingerprint density at radius 2 is 2.00 bits per heavy atom. The topological polar surface area (TPSA) is 93.8 Å². The van der Waals surface area contributed by atoms with Gasteiger partial charge in [-0.05, 0) is 36.4 Å². The fourth-order valence-electron chi connectivity index (χ4n) is 2.36. The van der Waals surface area contributed by atoms with Gasteiger partial charge in [0.2, 0.25) is 0 Å². The van der Waals surface area contributed by atoms with Gasteiger partial charge in [-0.2, -0.15) is 0 Å². The number of benzene rings is 1. The van der Waals surface area contributed by atoms with Gasteiger partial charge in [-0.15, -0.1) is 5.10 Å². The Hall–Kier alpha value is -3.13. The number of nitrogens with zero attached hydrogens (tertiary/aromatic N) is 4. The van der Waals surface area contributed by atoms with E-state index >= 15 is 0 Å². The Morgan fingerprint density at radius 3 is 2.69 bits per heavy atom. The maximum absolute atomic E-state index is 12.3. The molecule has 3 rings (SSSR count). The van der Waals surface area contributed by atoms with Gasteiger partial charge in [-0.25, -0.2) is 14.3 Å². The number of halogens is 1. The van der Waals surface area contributed by atoms with Crippen molar-refractivity contribution in [3.05, 3.63) is 64.3 Å². The molecule has 2 aromatic heterocycles. The summed E-state index contributed by atoms with van der Waals surface area (Å²) in [6.07, 6.45) is 3.30. The summed E-state index contributed by atoms with van der Waals surface area (Å²) in [5, 5.41) is 10.3. The molecule has 0 fully saturated rings. The van der Waals surface area contributed by atoms with Crippen molar-refractivity contribution in [1.29, 1.82) is 0 Å².